The highest BCUT2D eigenvalue weighted by Gasteiger charge is 2.15. The van der Waals surface area contributed by atoms with Gasteiger partial charge in [-0.1, -0.05) is 11.6 Å². The zero-order chi connectivity index (χ0) is 15.2. The molecule has 0 aromatic heterocycles. The normalized spacial score (nSPS) is 11.1. The lowest BCUT2D eigenvalue weighted by molar-refractivity contribution is 0.0528. The Kier molecular flexibility index (Phi) is 6.62. The van der Waals surface area contributed by atoms with Gasteiger partial charge in [0.25, 0.3) is 0 Å². The lowest BCUT2D eigenvalue weighted by Crippen LogP contribution is -2.33. The average molecular weight is 364 g/mol. The third kappa shape index (κ3) is 7.01. The third-order valence-corrected chi connectivity index (χ3v) is 3.48. The quantitative estimate of drug-likeness (QED) is 0.761. The number of hydrogen-bond acceptors (Lipinski definition) is 3. The maximum absolute atomic E-state index is 11.4. The summed E-state index contributed by atoms with van der Waals surface area (Å²) in [7, 11) is 0. The van der Waals surface area contributed by atoms with Crippen molar-refractivity contribution in [3.05, 3.63) is 27.7 Å². The molecule has 1 aromatic rings. The van der Waals surface area contributed by atoms with Crippen LogP contribution in [0.1, 0.15) is 27.2 Å². The monoisotopic (exact) mass is 362 g/mol. The van der Waals surface area contributed by atoms with Crippen LogP contribution in [0, 0.1) is 0 Å². The number of halogens is 2. The standard InChI is InChI=1S/C14H20BrClN2O2/c1-14(2,3)20-13(19)18-8-4-7-17-10-5-6-12(16)11(15)9-10/h5-6,9,17H,4,7-8H2,1-3H3,(H,18,19). The number of carbonyl (C=O) groups is 1. The fourth-order valence-electron chi connectivity index (χ4n) is 1.43. The van der Waals surface area contributed by atoms with Gasteiger partial charge in [0.2, 0.25) is 0 Å². The first-order chi connectivity index (χ1) is 9.28. The minimum absolute atomic E-state index is 0.383. The van der Waals surface area contributed by atoms with Crippen molar-refractivity contribution in [1.82, 2.24) is 5.32 Å². The topological polar surface area (TPSA) is 50.4 Å². The number of benzene rings is 1. The number of rotatable bonds is 5. The van der Waals surface area contributed by atoms with Gasteiger partial charge in [0.05, 0.1) is 5.02 Å². The van der Waals surface area contributed by atoms with Crippen molar-refractivity contribution in [2.24, 2.45) is 0 Å². The summed E-state index contributed by atoms with van der Waals surface area (Å²) in [6.45, 7) is 6.84. The van der Waals surface area contributed by atoms with Gasteiger partial charge >= 0.3 is 6.09 Å². The van der Waals surface area contributed by atoms with E-state index in [1.54, 1.807) is 0 Å². The van der Waals surface area contributed by atoms with Crippen molar-refractivity contribution in [2.45, 2.75) is 32.8 Å². The number of hydrogen-bond donors (Lipinski definition) is 2. The van der Waals surface area contributed by atoms with E-state index in [0.29, 0.717) is 11.6 Å². The van der Waals surface area contributed by atoms with E-state index in [0.717, 1.165) is 23.1 Å². The van der Waals surface area contributed by atoms with Crippen LogP contribution in [-0.2, 0) is 4.74 Å². The third-order valence-electron chi connectivity index (χ3n) is 2.27. The molecule has 0 radical (unpaired) electrons. The second kappa shape index (κ2) is 7.74. The predicted molar refractivity (Wildman–Crippen MR) is 86.5 cm³/mol. The van der Waals surface area contributed by atoms with E-state index < -0.39 is 5.60 Å². The van der Waals surface area contributed by atoms with Crippen LogP contribution in [0.2, 0.25) is 5.02 Å². The maximum atomic E-state index is 11.4. The zero-order valence-corrected chi connectivity index (χ0v) is 14.3. The molecule has 2 N–H and O–H groups in total. The average Bonchev–Trinajstić information content (AvgIpc) is 2.31. The van der Waals surface area contributed by atoms with Crippen molar-refractivity contribution in [1.29, 1.82) is 0 Å². The van der Waals surface area contributed by atoms with E-state index in [-0.39, 0.29) is 6.09 Å². The molecule has 0 aliphatic rings. The Bertz CT molecular complexity index is 461. The summed E-state index contributed by atoms with van der Waals surface area (Å²) < 4.78 is 6.00. The Balaban J connectivity index is 2.19. The molecule has 0 heterocycles. The predicted octanol–water partition coefficient (Wildman–Crippen LogP) is 4.43. The van der Waals surface area contributed by atoms with Gasteiger partial charge in [0, 0.05) is 23.2 Å². The number of alkyl carbamates (subject to hydrolysis) is 1. The van der Waals surface area contributed by atoms with Crippen LogP contribution in [0.5, 0.6) is 0 Å². The summed E-state index contributed by atoms with van der Waals surface area (Å²) in [5.41, 5.74) is 0.524. The van der Waals surface area contributed by atoms with Crippen molar-refractivity contribution in [3.63, 3.8) is 0 Å². The molecule has 0 unspecified atom stereocenters. The molecule has 0 fully saturated rings. The molecule has 1 rings (SSSR count). The fourth-order valence-corrected chi connectivity index (χ4v) is 1.93. The molecule has 0 atom stereocenters. The first-order valence-corrected chi connectivity index (χ1v) is 7.61. The second-order valence-electron chi connectivity index (χ2n) is 5.34. The van der Waals surface area contributed by atoms with E-state index in [1.807, 2.05) is 39.0 Å². The summed E-state index contributed by atoms with van der Waals surface area (Å²) in [5, 5.41) is 6.65. The molecule has 0 saturated heterocycles. The van der Waals surface area contributed by atoms with Crippen LogP contribution in [0.25, 0.3) is 0 Å². The lowest BCUT2D eigenvalue weighted by Gasteiger charge is -2.19. The SMILES string of the molecule is CC(C)(C)OC(=O)NCCCNc1ccc(Cl)c(Br)c1. The van der Waals surface area contributed by atoms with Gasteiger partial charge in [-0.15, -0.1) is 0 Å². The van der Waals surface area contributed by atoms with Crippen molar-refractivity contribution in [3.8, 4) is 0 Å². The highest BCUT2D eigenvalue weighted by molar-refractivity contribution is 9.10. The summed E-state index contributed by atoms with van der Waals surface area (Å²) in [5.74, 6) is 0. The molecular formula is C14H20BrClN2O2. The summed E-state index contributed by atoms with van der Waals surface area (Å²) in [6.07, 6.45) is 0.422. The first kappa shape index (κ1) is 17.1. The van der Waals surface area contributed by atoms with Gasteiger partial charge in [-0.2, -0.15) is 0 Å². The highest BCUT2D eigenvalue weighted by Crippen LogP contribution is 2.25. The van der Waals surface area contributed by atoms with Crippen LogP contribution >= 0.6 is 27.5 Å². The van der Waals surface area contributed by atoms with E-state index in [9.17, 15) is 4.79 Å². The first-order valence-electron chi connectivity index (χ1n) is 6.44. The molecule has 0 aliphatic carbocycles. The van der Waals surface area contributed by atoms with Crippen LogP contribution in [0.3, 0.4) is 0 Å². The molecule has 0 saturated carbocycles. The Morgan fingerprint density at radius 3 is 2.65 bits per heavy atom. The molecule has 0 spiro atoms. The van der Waals surface area contributed by atoms with E-state index in [2.05, 4.69) is 26.6 Å². The Labute approximate surface area is 133 Å². The van der Waals surface area contributed by atoms with E-state index in [1.165, 1.54) is 0 Å². The summed E-state index contributed by atoms with van der Waals surface area (Å²) in [6, 6.07) is 5.66. The number of nitrogens with one attached hydrogen (secondary N) is 2. The van der Waals surface area contributed by atoms with E-state index in [4.69, 9.17) is 16.3 Å². The van der Waals surface area contributed by atoms with Crippen LogP contribution in [0.4, 0.5) is 10.5 Å². The summed E-state index contributed by atoms with van der Waals surface area (Å²) >= 11 is 9.29. The number of carbonyl (C=O) groups excluding carboxylic acids is 1. The molecule has 4 nitrogen and oxygen atoms in total. The fraction of sp³-hybridized carbons (Fsp3) is 0.500. The Morgan fingerprint density at radius 1 is 1.35 bits per heavy atom. The van der Waals surface area contributed by atoms with Crippen molar-refractivity contribution < 1.29 is 9.53 Å². The molecule has 112 valence electrons. The molecule has 6 heteroatoms. The van der Waals surface area contributed by atoms with Gasteiger partial charge in [-0.3, -0.25) is 0 Å². The minimum Gasteiger partial charge on any atom is -0.444 e. The number of amides is 1. The Hall–Kier alpha value is -0.940. The van der Waals surface area contributed by atoms with Crippen LogP contribution < -0.4 is 10.6 Å². The minimum atomic E-state index is -0.460. The summed E-state index contributed by atoms with van der Waals surface area (Å²) in [4.78, 5) is 11.4. The smallest absolute Gasteiger partial charge is 0.407 e. The van der Waals surface area contributed by atoms with Gasteiger partial charge in [0.15, 0.2) is 0 Å². The van der Waals surface area contributed by atoms with E-state index >= 15 is 0 Å². The molecule has 1 aromatic carbocycles. The highest BCUT2D eigenvalue weighted by atomic mass is 79.9. The van der Waals surface area contributed by atoms with Crippen molar-refractivity contribution >= 4 is 39.3 Å². The number of anilines is 1. The molecule has 0 aliphatic heterocycles. The molecule has 1 amide bonds. The van der Waals surface area contributed by atoms with Crippen LogP contribution in [-0.4, -0.2) is 24.8 Å². The maximum Gasteiger partial charge on any atom is 0.407 e. The van der Waals surface area contributed by atoms with Gasteiger partial charge < -0.3 is 15.4 Å². The van der Waals surface area contributed by atoms with Crippen LogP contribution in [0.15, 0.2) is 22.7 Å². The van der Waals surface area contributed by atoms with Gasteiger partial charge in [0.1, 0.15) is 5.60 Å². The lowest BCUT2D eigenvalue weighted by atomic mass is 10.2. The van der Waals surface area contributed by atoms with Gasteiger partial charge in [-0.25, -0.2) is 4.79 Å². The van der Waals surface area contributed by atoms with Gasteiger partial charge in [-0.05, 0) is 61.3 Å². The molecular weight excluding hydrogens is 344 g/mol. The second-order valence-corrected chi connectivity index (χ2v) is 6.60. The number of ether oxygens (including phenoxy) is 1. The largest absolute Gasteiger partial charge is 0.444 e. The van der Waals surface area contributed by atoms with Crippen molar-refractivity contribution in [2.75, 3.05) is 18.4 Å². The molecule has 20 heavy (non-hydrogen) atoms. The Morgan fingerprint density at radius 2 is 2.05 bits per heavy atom. The zero-order valence-electron chi connectivity index (χ0n) is 11.9. The molecule has 0 bridgehead atoms.